The largest absolute Gasteiger partial charge is 0.384 e. The maximum Gasteiger partial charge on any atom is 0.240 e. The van der Waals surface area contributed by atoms with Gasteiger partial charge in [0.05, 0.1) is 17.5 Å². The van der Waals surface area contributed by atoms with E-state index in [1.807, 2.05) is 57.2 Å². The van der Waals surface area contributed by atoms with Crippen LogP contribution >= 0.6 is 24.8 Å². The fourth-order valence-electron chi connectivity index (χ4n) is 3.79. The lowest BCUT2D eigenvalue weighted by molar-refractivity contribution is -0.170. The van der Waals surface area contributed by atoms with Crippen molar-refractivity contribution in [2.24, 2.45) is 11.1 Å². The Balaban J connectivity index is 0.00000225. The molecule has 1 saturated carbocycles. The van der Waals surface area contributed by atoms with Crippen molar-refractivity contribution in [2.75, 3.05) is 18.9 Å². The van der Waals surface area contributed by atoms with Gasteiger partial charge < -0.3 is 21.5 Å². The third-order valence-corrected chi connectivity index (χ3v) is 5.92. The number of ether oxygens (including phenoxy) is 1. The van der Waals surface area contributed by atoms with E-state index in [1.54, 1.807) is 4.68 Å². The summed E-state index contributed by atoms with van der Waals surface area (Å²) in [5, 5.41) is 7.55. The van der Waals surface area contributed by atoms with Crippen molar-refractivity contribution in [1.82, 2.24) is 15.1 Å². The van der Waals surface area contributed by atoms with Crippen LogP contribution in [0.3, 0.4) is 0 Å². The summed E-state index contributed by atoms with van der Waals surface area (Å²) in [6, 6.07) is 11.7. The van der Waals surface area contributed by atoms with E-state index < -0.39 is 5.54 Å². The Morgan fingerprint density at radius 1 is 1.30 bits per heavy atom. The van der Waals surface area contributed by atoms with Gasteiger partial charge in [0.1, 0.15) is 11.4 Å². The smallest absolute Gasteiger partial charge is 0.240 e. The van der Waals surface area contributed by atoms with E-state index in [9.17, 15) is 4.79 Å². The number of nitrogens with one attached hydrogen (secondary N) is 1. The van der Waals surface area contributed by atoms with Crippen LogP contribution in [0.5, 0.6) is 0 Å². The number of para-hydroxylation sites is 1. The number of aromatic nitrogens is 2. The summed E-state index contributed by atoms with van der Waals surface area (Å²) in [4.78, 5) is 12.6. The van der Waals surface area contributed by atoms with Gasteiger partial charge in [-0.15, -0.1) is 24.8 Å². The Morgan fingerprint density at radius 2 is 1.97 bits per heavy atom. The molecule has 2 unspecified atom stereocenters. The van der Waals surface area contributed by atoms with Crippen molar-refractivity contribution in [3.05, 3.63) is 42.1 Å². The molecule has 1 aromatic heterocycles. The summed E-state index contributed by atoms with van der Waals surface area (Å²) in [6.07, 6.45) is 2.07. The lowest BCUT2D eigenvalue weighted by Gasteiger charge is -2.57. The molecule has 1 aromatic carbocycles. The number of halogens is 2. The number of hydrogen-bond acceptors (Lipinski definition) is 5. The zero-order valence-electron chi connectivity index (χ0n) is 17.8. The van der Waals surface area contributed by atoms with Crippen LogP contribution in [0.15, 0.2) is 36.4 Å². The van der Waals surface area contributed by atoms with E-state index in [0.29, 0.717) is 25.4 Å². The first-order valence-corrected chi connectivity index (χ1v) is 9.88. The molecule has 1 fully saturated rings. The predicted molar refractivity (Wildman–Crippen MR) is 125 cm³/mol. The molecule has 0 bridgehead atoms. The number of nitrogens with zero attached hydrogens (tertiary/aromatic N) is 2. The van der Waals surface area contributed by atoms with Gasteiger partial charge in [-0.2, -0.15) is 5.10 Å². The zero-order chi connectivity index (χ0) is 20.4. The minimum Gasteiger partial charge on any atom is -0.384 e. The quantitative estimate of drug-likeness (QED) is 0.528. The number of nitrogen functional groups attached to an aromatic ring is 1. The average Bonchev–Trinajstić information content (AvgIpc) is 3.06. The summed E-state index contributed by atoms with van der Waals surface area (Å²) in [7, 11) is 0. The molecule has 1 aliphatic carbocycles. The first kappa shape index (κ1) is 26.2. The van der Waals surface area contributed by atoms with Crippen LogP contribution in [0.4, 0.5) is 5.82 Å². The molecular weight excluding hydrogens is 425 g/mol. The van der Waals surface area contributed by atoms with Crippen molar-refractivity contribution in [3.8, 4) is 5.69 Å². The minimum absolute atomic E-state index is 0. The summed E-state index contributed by atoms with van der Waals surface area (Å²) in [5.74, 6) is 0.493. The zero-order valence-corrected chi connectivity index (χ0v) is 19.4. The molecule has 5 N–H and O–H groups in total. The summed E-state index contributed by atoms with van der Waals surface area (Å²) >= 11 is 0. The molecular formula is C21H33Cl2N5O2. The van der Waals surface area contributed by atoms with Gasteiger partial charge in [0.15, 0.2) is 0 Å². The molecule has 30 heavy (non-hydrogen) atoms. The van der Waals surface area contributed by atoms with Crippen LogP contribution in [-0.2, 0) is 16.0 Å². The second-order valence-electron chi connectivity index (χ2n) is 8.01. The Bertz CT molecular complexity index is 828. The van der Waals surface area contributed by atoms with Gasteiger partial charge in [-0.1, -0.05) is 32.0 Å². The number of aryl methyl sites for hydroxylation is 1. The minimum atomic E-state index is -0.883. The van der Waals surface area contributed by atoms with Gasteiger partial charge in [0.2, 0.25) is 5.91 Å². The Morgan fingerprint density at radius 3 is 2.57 bits per heavy atom. The molecule has 168 valence electrons. The van der Waals surface area contributed by atoms with Crippen molar-refractivity contribution in [1.29, 1.82) is 0 Å². The first-order valence-electron chi connectivity index (χ1n) is 9.88. The van der Waals surface area contributed by atoms with E-state index in [1.165, 1.54) is 0 Å². The molecule has 0 aliphatic heterocycles. The van der Waals surface area contributed by atoms with Crippen molar-refractivity contribution < 1.29 is 9.53 Å². The SMILES string of the molecule is CCOC1CC(N)(C(=O)NCCCc2cc(N)n(-c3ccccc3)n2)C1(C)C.Cl.Cl. The first-order chi connectivity index (χ1) is 13.3. The summed E-state index contributed by atoms with van der Waals surface area (Å²) in [6.45, 7) is 7.12. The maximum absolute atomic E-state index is 12.6. The lowest BCUT2D eigenvalue weighted by Crippen LogP contribution is -2.75. The topological polar surface area (TPSA) is 108 Å². The molecule has 3 rings (SSSR count). The van der Waals surface area contributed by atoms with Crippen LogP contribution in [-0.4, -0.2) is 40.5 Å². The van der Waals surface area contributed by atoms with Gasteiger partial charge in [-0.3, -0.25) is 4.79 Å². The van der Waals surface area contributed by atoms with E-state index in [4.69, 9.17) is 16.2 Å². The molecule has 1 amide bonds. The molecule has 2 atom stereocenters. The van der Waals surface area contributed by atoms with Crippen LogP contribution in [0.2, 0.25) is 0 Å². The molecule has 1 heterocycles. The van der Waals surface area contributed by atoms with Gasteiger partial charge in [-0.25, -0.2) is 4.68 Å². The average molecular weight is 458 g/mol. The number of carbonyl (C=O) groups is 1. The number of amides is 1. The third-order valence-electron chi connectivity index (χ3n) is 5.92. The number of nitrogens with two attached hydrogens (primary N) is 2. The monoisotopic (exact) mass is 457 g/mol. The van der Waals surface area contributed by atoms with Gasteiger partial charge in [-0.05, 0) is 31.9 Å². The van der Waals surface area contributed by atoms with Crippen LogP contribution in [0, 0.1) is 5.41 Å². The van der Waals surface area contributed by atoms with E-state index in [0.717, 1.165) is 24.2 Å². The van der Waals surface area contributed by atoms with Crippen molar-refractivity contribution in [3.63, 3.8) is 0 Å². The molecule has 0 saturated heterocycles. The number of hydrogen-bond donors (Lipinski definition) is 3. The number of anilines is 1. The fraction of sp³-hybridized carbons (Fsp3) is 0.524. The van der Waals surface area contributed by atoms with Gasteiger partial charge in [0.25, 0.3) is 0 Å². The van der Waals surface area contributed by atoms with Crippen LogP contribution in [0.1, 0.15) is 39.3 Å². The number of rotatable bonds is 8. The fourth-order valence-corrected chi connectivity index (χ4v) is 3.79. The van der Waals surface area contributed by atoms with Crippen LogP contribution in [0.25, 0.3) is 5.69 Å². The summed E-state index contributed by atoms with van der Waals surface area (Å²) in [5.41, 5.74) is 13.1. The third kappa shape index (κ3) is 4.91. The number of carbonyl (C=O) groups excluding carboxylic acids is 1. The summed E-state index contributed by atoms with van der Waals surface area (Å²) < 4.78 is 7.42. The lowest BCUT2D eigenvalue weighted by atomic mass is 9.54. The second-order valence-corrected chi connectivity index (χ2v) is 8.01. The van der Waals surface area contributed by atoms with Crippen molar-refractivity contribution >= 4 is 36.5 Å². The Hall–Kier alpha value is -1.80. The van der Waals surface area contributed by atoms with E-state index >= 15 is 0 Å². The highest BCUT2D eigenvalue weighted by Crippen LogP contribution is 2.49. The number of benzene rings is 1. The maximum atomic E-state index is 12.6. The Labute approximate surface area is 190 Å². The normalized spacial score (nSPS) is 21.7. The molecule has 0 radical (unpaired) electrons. The van der Waals surface area contributed by atoms with Crippen molar-refractivity contribution in [2.45, 2.75) is 51.7 Å². The second kappa shape index (κ2) is 10.5. The highest BCUT2D eigenvalue weighted by atomic mass is 35.5. The van der Waals surface area contributed by atoms with E-state index in [-0.39, 0.29) is 42.2 Å². The van der Waals surface area contributed by atoms with E-state index in [2.05, 4.69) is 10.4 Å². The van der Waals surface area contributed by atoms with Crippen LogP contribution < -0.4 is 16.8 Å². The highest BCUT2D eigenvalue weighted by Gasteiger charge is 2.62. The molecule has 2 aromatic rings. The van der Waals surface area contributed by atoms with Gasteiger partial charge >= 0.3 is 0 Å². The molecule has 1 aliphatic rings. The Kier molecular flexibility index (Phi) is 9.17. The standard InChI is InChI=1S/C21H31N5O2.2ClH/c1-4-28-17-14-21(23,20(17,2)3)19(27)24-12-8-9-15-13-18(22)26(25-15)16-10-6-5-7-11-16;;/h5-7,10-11,13,17H,4,8-9,12,14,22-23H2,1-3H3,(H,24,27);2*1H. The molecule has 7 nitrogen and oxygen atoms in total. The highest BCUT2D eigenvalue weighted by molar-refractivity contribution is 5.88. The predicted octanol–water partition coefficient (Wildman–Crippen LogP) is 2.88. The molecule has 9 heteroatoms. The molecule has 0 spiro atoms. The van der Waals surface area contributed by atoms with Gasteiger partial charge in [0, 0.05) is 31.1 Å².